The van der Waals surface area contributed by atoms with Gasteiger partial charge in [-0.2, -0.15) is 4.31 Å². The van der Waals surface area contributed by atoms with Crippen LogP contribution in [0.25, 0.3) is 0 Å². The summed E-state index contributed by atoms with van der Waals surface area (Å²) >= 11 is 2.92. The van der Waals surface area contributed by atoms with E-state index >= 15 is 0 Å². The molecule has 0 aromatic heterocycles. The fraction of sp³-hybridized carbons (Fsp3) is 0.529. The van der Waals surface area contributed by atoms with E-state index in [-0.39, 0.29) is 11.5 Å². The lowest BCUT2D eigenvalue weighted by atomic mass is 10.0. The minimum Gasteiger partial charge on any atom is -0.443 e. The topological polar surface area (TPSA) is 62.2 Å². The fourth-order valence-corrected chi connectivity index (χ4v) is 5.43. The Hall–Kier alpha value is -1.20. The minimum absolute atomic E-state index is 0.179. The Kier molecular flexibility index (Phi) is 5.81. The molecule has 0 N–H and O–H groups in total. The molecular formula is C17H20BrF2N3O3S2. The molecule has 11 heteroatoms. The van der Waals surface area contributed by atoms with E-state index in [0.29, 0.717) is 21.6 Å². The molecular weight excluding hydrogens is 476 g/mol. The van der Waals surface area contributed by atoms with Crippen molar-refractivity contribution in [2.45, 2.75) is 50.0 Å². The van der Waals surface area contributed by atoms with E-state index in [4.69, 9.17) is 4.74 Å². The van der Waals surface area contributed by atoms with Crippen LogP contribution in [0.1, 0.15) is 45.2 Å². The van der Waals surface area contributed by atoms with Gasteiger partial charge in [0.05, 0.1) is 4.75 Å². The molecule has 1 saturated carbocycles. The van der Waals surface area contributed by atoms with Crippen LogP contribution in [0.4, 0.5) is 13.1 Å². The summed E-state index contributed by atoms with van der Waals surface area (Å²) in [6.07, 6.45) is 0.196. The number of benzene rings is 1. The van der Waals surface area contributed by atoms with Gasteiger partial charge in [-0.25, -0.2) is 18.4 Å². The average molecular weight is 496 g/mol. The van der Waals surface area contributed by atoms with Crippen molar-refractivity contribution in [1.82, 2.24) is 8.61 Å². The van der Waals surface area contributed by atoms with E-state index in [0.717, 1.165) is 0 Å². The highest BCUT2D eigenvalue weighted by Crippen LogP contribution is 2.56. The molecule has 2 unspecified atom stereocenters. The van der Waals surface area contributed by atoms with Crippen LogP contribution in [0, 0.1) is 5.82 Å². The zero-order chi connectivity index (χ0) is 20.9. The molecule has 28 heavy (non-hydrogen) atoms. The highest BCUT2D eigenvalue weighted by Gasteiger charge is 2.61. The number of rotatable bonds is 2. The summed E-state index contributed by atoms with van der Waals surface area (Å²) in [4.78, 5) is 16.9. The quantitative estimate of drug-likeness (QED) is 0.547. The largest absolute Gasteiger partial charge is 0.443 e. The van der Waals surface area contributed by atoms with Crippen LogP contribution in [0.2, 0.25) is 0 Å². The molecule has 154 valence electrons. The smallest absolute Gasteiger partial charge is 0.429 e. The van der Waals surface area contributed by atoms with Crippen LogP contribution in [-0.2, 0) is 15.7 Å². The van der Waals surface area contributed by atoms with Crippen molar-refractivity contribution >= 4 is 51.3 Å². The lowest BCUT2D eigenvalue weighted by Crippen LogP contribution is -2.51. The maximum atomic E-state index is 14.6. The summed E-state index contributed by atoms with van der Waals surface area (Å²) in [6, 6.07) is 3.61. The van der Waals surface area contributed by atoms with Crippen molar-refractivity contribution in [3.8, 4) is 0 Å². The molecule has 6 nitrogen and oxygen atoms in total. The fourth-order valence-electron chi connectivity index (χ4n) is 3.03. The molecule has 0 saturated heterocycles. The van der Waals surface area contributed by atoms with Gasteiger partial charge in [0.15, 0.2) is 12.3 Å². The van der Waals surface area contributed by atoms with Crippen LogP contribution in [0.15, 0.2) is 27.7 Å². The van der Waals surface area contributed by atoms with Crippen molar-refractivity contribution < 1.29 is 22.0 Å². The van der Waals surface area contributed by atoms with Gasteiger partial charge in [0, 0.05) is 17.1 Å². The molecule has 1 aliphatic carbocycles. The number of nitrogens with zero attached hydrogens (tertiary/aromatic N) is 3. The van der Waals surface area contributed by atoms with Crippen LogP contribution in [-0.4, -0.2) is 42.3 Å². The van der Waals surface area contributed by atoms with Crippen molar-refractivity contribution in [2.24, 2.45) is 4.99 Å². The lowest BCUT2D eigenvalue weighted by Gasteiger charge is -2.37. The zero-order valence-corrected chi connectivity index (χ0v) is 19.0. The van der Waals surface area contributed by atoms with Gasteiger partial charge >= 0.3 is 6.09 Å². The highest BCUT2D eigenvalue weighted by molar-refractivity contribution is 9.10. The van der Waals surface area contributed by atoms with Gasteiger partial charge in [0.2, 0.25) is 5.96 Å². The molecule has 3 rings (SSSR count). The first-order valence-electron chi connectivity index (χ1n) is 8.50. The standard InChI is InChI=1S/C17H20BrF2N3O3S2/c1-16(2,3)26-15(24)23(27-20)14-21-13(11-9-10(18)5-6-12(11)19)17(7-8-17)28(25)22(14)4/h5-6,9,13H,7-8H2,1-4H3. The summed E-state index contributed by atoms with van der Waals surface area (Å²) < 4.78 is 48.3. The molecule has 1 spiro atoms. The third kappa shape index (κ3) is 3.93. The number of aliphatic imine (C=N–C) groups is 1. The maximum absolute atomic E-state index is 14.6. The maximum Gasteiger partial charge on any atom is 0.429 e. The first-order chi connectivity index (χ1) is 13.0. The highest BCUT2D eigenvalue weighted by atomic mass is 79.9. The van der Waals surface area contributed by atoms with Gasteiger partial charge in [0.25, 0.3) is 0 Å². The van der Waals surface area contributed by atoms with Crippen LogP contribution in [0.5, 0.6) is 0 Å². The minimum atomic E-state index is -1.63. The number of ether oxygens (including phenoxy) is 1. The van der Waals surface area contributed by atoms with Crippen LogP contribution in [0.3, 0.4) is 0 Å². The first-order valence-corrected chi connectivity index (χ1v) is 11.1. The van der Waals surface area contributed by atoms with E-state index in [9.17, 15) is 17.3 Å². The van der Waals surface area contributed by atoms with Gasteiger partial charge in [-0.1, -0.05) is 15.9 Å². The number of halogens is 3. The SMILES string of the molecule is CN1C(N(SF)C(=O)OC(C)(C)C)=NC(c2cc(Br)ccc2F)C2(CC2)S1=O. The number of amides is 1. The molecule has 1 aromatic rings. The molecule has 2 aliphatic rings. The van der Waals surface area contributed by atoms with Crippen molar-refractivity contribution in [2.75, 3.05) is 7.05 Å². The average Bonchev–Trinajstić information content (AvgIpc) is 3.38. The van der Waals surface area contributed by atoms with E-state index < -0.39 is 51.6 Å². The summed E-state index contributed by atoms with van der Waals surface area (Å²) in [7, 11) is -0.162. The van der Waals surface area contributed by atoms with Gasteiger partial charge in [-0.05, 0) is 51.8 Å². The second-order valence-corrected chi connectivity index (χ2v) is 10.9. The Labute approximate surface area is 177 Å². The Morgan fingerprint density at radius 3 is 2.64 bits per heavy atom. The van der Waals surface area contributed by atoms with Crippen LogP contribution < -0.4 is 0 Å². The number of hydrogen-bond acceptors (Lipinski definition) is 5. The monoisotopic (exact) mass is 495 g/mol. The molecule has 2 atom stereocenters. The van der Waals surface area contributed by atoms with E-state index in [1.165, 1.54) is 17.4 Å². The number of guanidine groups is 1. The Bertz CT molecular complexity index is 859. The van der Waals surface area contributed by atoms with E-state index in [2.05, 4.69) is 20.9 Å². The molecule has 0 bridgehead atoms. The molecule has 1 aromatic carbocycles. The van der Waals surface area contributed by atoms with E-state index in [1.807, 2.05) is 0 Å². The third-order valence-electron chi connectivity index (χ3n) is 4.43. The molecule has 1 fully saturated rings. The normalized spacial score (nSPS) is 23.4. The van der Waals surface area contributed by atoms with Crippen LogP contribution >= 0.6 is 28.3 Å². The van der Waals surface area contributed by atoms with Gasteiger partial charge in [0.1, 0.15) is 28.4 Å². The Morgan fingerprint density at radius 2 is 2.11 bits per heavy atom. The number of carbonyl (C=O) groups is 1. The van der Waals surface area contributed by atoms with Gasteiger partial charge < -0.3 is 4.74 Å². The number of hydrogen-bond donors (Lipinski definition) is 0. The molecule has 1 heterocycles. The summed E-state index contributed by atoms with van der Waals surface area (Å²) in [5.41, 5.74) is -0.607. The molecule has 1 aliphatic heterocycles. The van der Waals surface area contributed by atoms with Gasteiger partial charge in [-0.3, -0.25) is 4.31 Å². The Balaban J connectivity index is 2.07. The Morgan fingerprint density at radius 1 is 1.46 bits per heavy atom. The summed E-state index contributed by atoms with van der Waals surface area (Å²) in [5, 5.41) is 0. The third-order valence-corrected chi connectivity index (χ3v) is 7.36. The van der Waals surface area contributed by atoms with Gasteiger partial charge in [-0.15, -0.1) is 3.89 Å². The predicted octanol–water partition coefficient (Wildman–Crippen LogP) is 4.90. The van der Waals surface area contributed by atoms with E-state index in [1.54, 1.807) is 32.9 Å². The van der Waals surface area contributed by atoms with Crippen molar-refractivity contribution in [3.63, 3.8) is 0 Å². The second-order valence-electron chi connectivity index (χ2n) is 7.65. The zero-order valence-electron chi connectivity index (χ0n) is 15.7. The van der Waals surface area contributed by atoms with Crippen molar-refractivity contribution in [1.29, 1.82) is 0 Å². The second kappa shape index (κ2) is 7.56. The summed E-state index contributed by atoms with van der Waals surface area (Å²) in [5.74, 6) is -0.678. The lowest BCUT2D eigenvalue weighted by molar-refractivity contribution is 0.0464. The first kappa shape index (κ1) is 21.5. The molecule has 1 amide bonds. The number of carbonyl (C=O) groups excluding carboxylic acids is 1. The predicted molar refractivity (Wildman–Crippen MR) is 109 cm³/mol. The summed E-state index contributed by atoms with van der Waals surface area (Å²) in [6.45, 7) is 4.94. The van der Waals surface area contributed by atoms with Crippen molar-refractivity contribution in [3.05, 3.63) is 34.1 Å². The molecule has 0 radical (unpaired) electrons.